The van der Waals surface area contributed by atoms with Crippen LogP contribution >= 0.6 is 11.8 Å². The summed E-state index contributed by atoms with van der Waals surface area (Å²) in [6.45, 7) is 0. The van der Waals surface area contributed by atoms with E-state index in [9.17, 15) is 10.2 Å². The summed E-state index contributed by atoms with van der Waals surface area (Å²) in [4.78, 5) is 1.39. The standard InChI is InChI=1S/C12H12N2O2S/c13-9-3-1-7(15)5-11(9)17-12-6-8(16)2-4-10(12)14/h1-6,15-16H,13-14H2. The Labute approximate surface area is 103 Å². The van der Waals surface area contributed by atoms with Crippen LogP contribution in [-0.4, -0.2) is 10.2 Å². The van der Waals surface area contributed by atoms with Gasteiger partial charge in [0.25, 0.3) is 0 Å². The summed E-state index contributed by atoms with van der Waals surface area (Å²) in [5.41, 5.74) is 12.7. The number of nitrogen functional groups attached to an aromatic ring is 2. The summed E-state index contributed by atoms with van der Waals surface area (Å²) in [6, 6.07) is 9.40. The van der Waals surface area contributed by atoms with E-state index in [1.54, 1.807) is 24.3 Å². The van der Waals surface area contributed by atoms with Crippen LogP contribution in [0.2, 0.25) is 0 Å². The van der Waals surface area contributed by atoms with Crippen molar-refractivity contribution in [1.29, 1.82) is 0 Å². The summed E-state index contributed by atoms with van der Waals surface area (Å²) >= 11 is 1.30. The van der Waals surface area contributed by atoms with E-state index < -0.39 is 0 Å². The summed E-state index contributed by atoms with van der Waals surface area (Å²) < 4.78 is 0. The zero-order chi connectivity index (χ0) is 12.4. The van der Waals surface area contributed by atoms with Gasteiger partial charge in [0.05, 0.1) is 0 Å². The lowest BCUT2D eigenvalue weighted by Crippen LogP contribution is -1.90. The SMILES string of the molecule is Nc1ccc(O)cc1Sc1cc(O)ccc1N. The average molecular weight is 248 g/mol. The smallest absolute Gasteiger partial charge is 0.116 e. The minimum absolute atomic E-state index is 0.139. The lowest BCUT2D eigenvalue weighted by molar-refractivity contribution is 0.474. The van der Waals surface area contributed by atoms with Crippen LogP contribution in [-0.2, 0) is 0 Å². The molecule has 0 aliphatic heterocycles. The van der Waals surface area contributed by atoms with E-state index in [1.165, 1.54) is 23.9 Å². The molecule has 0 saturated carbocycles. The first kappa shape index (κ1) is 11.5. The molecule has 5 heteroatoms. The Bertz CT molecular complexity index is 509. The largest absolute Gasteiger partial charge is 0.508 e. The van der Waals surface area contributed by atoms with Crippen molar-refractivity contribution in [3.8, 4) is 11.5 Å². The van der Waals surface area contributed by atoms with Gasteiger partial charge in [-0.05, 0) is 36.4 Å². The highest BCUT2D eigenvalue weighted by atomic mass is 32.2. The third kappa shape index (κ3) is 2.57. The van der Waals surface area contributed by atoms with E-state index in [1.807, 2.05) is 0 Å². The van der Waals surface area contributed by atoms with Crippen LogP contribution in [0.1, 0.15) is 0 Å². The van der Waals surface area contributed by atoms with Gasteiger partial charge in [-0.2, -0.15) is 0 Å². The Morgan fingerprint density at radius 3 is 1.59 bits per heavy atom. The van der Waals surface area contributed by atoms with E-state index in [-0.39, 0.29) is 11.5 Å². The molecule has 0 radical (unpaired) electrons. The second-order valence-electron chi connectivity index (χ2n) is 3.55. The Morgan fingerprint density at radius 2 is 1.18 bits per heavy atom. The fourth-order valence-corrected chi connectivity index (χ4v) is 2.31. The van der Waals surface area contributed by atoms with Crippen molar-refractivity contribution in [2.45, 2.75) is 9.79 Å². The Hall–Kier alpha value is -2.01. The van der Waals surface area contributed by atoms with E-state index in [4.69, 9.17) is 11.5 Å². The molecule has 2 aromatic carbocycles. The van der Waals surface area contributed by atoms with Crippen molar-refractivity contribution < 1.29 is 10.2 Å². The molecule has 0 bridgehead atoms. The van der Waals surface area contributed by atoms with Gasteiger partial charge < -0.3 is 21.7 Å². The maximum absolute atomic E-state index is 9.39. The molecule has 0 aliphatic rings. The Kier molecular flexibility index (Phi) is 3.01. The number of nitrogens with two attached hydrogens (primary N) is 2. The summed E-state index contributed by atoms with van der Waals surface area (Å²) in [7, 11) is 0. The third-order valence-corrected chi connectivity index (χ3v) is 3.36. The van der Waals surface area contributed by atoms with Crippen LogP contribution in [0.4, 0.5) is 11.4 Å². The van der Waals surface area contributed by atoms with Crippen LogP contribution in [0.25, 0.3) is 0 Å². The van der Waals surface area contributed by atoms with Gasteiger partial charge >= 0.3 is 0 Å². The van der Waals surface area contributed by atoms with Gasteiger partial charge in [-0.15, -0.1) is 0 Å². The van der Waals surface area contributed by atoms with Gasteiger partial charge in [-0.1, -0.05) is 11.8 Å². The molecule has 0 unspecified atom stereocenters. The average Bonchev–Trinajstić information content (AvgIpc) is 2.28. The Balaban J connectivity index is 2.37. The first-order valence-corrected chi connectivity index (χ1v) is 5.73. The van der Waals surface area contributed by atoms with E-state index in [2.05, 4.69) is 0 Å². The summed E-state index contributed by atoms with van der Waals surface area (Å²) in [6.07, 6.45) is 0. The zero-order valence-electron chi connectivity index (χ0n) is 8.92. The van der Waals surface area contributed by atoms with Gasteiger partial charge in [-0.25, -0.2) is 0 Å². The van der Waals surface area contributed by atoms with Crippen molar-refractivity contribution in [1.82, 2.24) is 0 Å². The van der Waals surface area contributed by atoms with E-state index in [0.29, 0.717) is 21.2 Å². The van der Waals surface area contributed by atoms with Crippen molar-refractivity contribution in [2.24, 2.45) is 0 Å². The maximum atomic E-state index is 9.39. The molecule has 88 valence electrons. The molecule has 0 fully saturated rings. The highest BCUT2D eigenvalue weighted by Crippen LogP contribution is 2.38. The number of benzene rings is 2. The van der Waals surface area contributed by atoms with Crippen molar-refractivity contribution in [3.63, 3.8) is 0 Å². The van der Waals surface area contributed by atoms with Crippen LogP contribution in [0.3, 0.4) is 0 Å². The molecular weight excluding hydrogens is 236 g/mol. The molecule has 0 heterocycles. The van der Waals surface area contributed by atoms with Gasteiger partial charge in [0.2, 0.25) is 0 Å². The fourth-order valence-electron chi connectivity index (χ4n) is 1.34. The van der Waals surface area contributed by atoms with Gasteiger partial charge in [0, 0.05) is 21.2 Å². The monoisotopic (exact) mass is 248 g/mol. The second kappa shape index (κ2) is 4.47. The lowest BCUT2D eigenvalue weighted by Gasteiger charge is -2.08. The van der Waals surface area contributed by atoms with Crippen molar-refractivity contribution in [3.05, 3.63) is 36.4 Å². The molecule has 2 aromatic rings. The maximum Gasteiger partial charge on any atom is 0.116 e. The zero-order valence-corrected chi connectivity index (χ0v) is 9.74. The number of hydrogen-bond donors (Lipinski definition) is 4. The van der Waals surface area contributed by atoms with E-state index >= 15 is 0 Å². The predicted octanol–water partition coefficient (Wildman–Crippen LogP) is 2.41. The Morgan fingerprint density at radius 1 is 0.765 bits per heavy atom. The first-order chi connectivity index (χ1) is 8.06. The van der Waals surface area contributed by atoms with Crippen LogP contribution < -0.4 is 11.5 Å². The highest BCUT2D eigenvalue weighted by molar-refractivity contribution is 7.99. The molecule has 0 saturated heterocycles. The van der Waals surface area contributed by atoms with Gasteiger partial charge in [-0.3, -0.25) is 0 Å². The molecule has 0 amide bonds. The number of anilines is 2. The highest BCUT2D eigenvalue weighted by Gasteiger charge is 2.07. The number of phenolic OH excluding ortho intramolecular Hbond substituents is 2. The summed E-state index contributed by atoms with van der Waals surface area (Å²) in [5, 5.41) is 18.8. The van der Waals surface area contributed by atoms with E-state index in [0.717, 1.165) is 0 Å². The molecular formula is C12H12N2O2S. The minimum atomic E-state index is 0.139. The molecule has 0 aliphatic carbocycles. The number of hydrogen-bond acceptors (Lipinski definition) is 5. The second-order valence-corrected chi connectivity index (χ2v) is 4.63. The summed E-state index contributed by atoms with van der Waals surface area (Å²) in [5.74, 6) is 0.279. The number of phenols is 2. The quantitative estimate of drug-likeness (QED) is 0.484. The van der Waals surface area contributed by atoms with Crippen LogP contribution in [0.15, 0.2) is 46.2 Å². The third-order valence-electron chi connectivity index (χ3n) is 2.21. The molecule has 0 atom stereocenters. The van der Waals surface area contributed by atoms with Crippen molar-refractivity contribution >= 4 is 23.1 Å². The van der Waals surface area contributed by atoms with Crippen LogP contribution in [0, 0.1) is 0 Å². The number of aromatic hydroxyl groups is 2. The van der Waals surface area contributed by atoms with Gasteiger partial charge in [0.1, 0.15) is 11.5 Å². The molecule has 2 rings (SSSR count). The van der Waals surface area contributed by atoms with Crippen molar-refractivity contribution in [2.75, 3.05) is 11.5 Å². The topological polar surface area (TPSA) is 92.5 Å². The molecule has 17 heavy (non-hydrogen) atoms. The molecule has 0 spiro atoms. The van der Waals surface area contributed by atoms with Gasteiger partial charge in [0.15, 0.2) is 0 Å². The molecule has 6 N–H and O–H groups in total. The lowest BCUT2D eigenvalue weighted by atomic mass is 10.3. The predicted molar refractivity (Wildman–Crippen MR) is 69.2 cm³/mol. The fraction of sp³-hybridized carbons (Fsp3) is 0. The molecule has 0 aromatic heterocycles. The van der Waals surface area contributed by atoms with Crippen LogP contribution in [0.5, 0.6) is 11.5 Å². The minimum Gasteiger partial charge on any atom is -0.508 e. The first-order valence-electron chi connectivity index (χ1n) is 4.91. The normalized spacial score (nSPS) is 10.4. The number of rotatable bonds is 2. The molecule has 4 nitrogen and oxygen atoms in total.